The maximum atomic E-state index is 12.3. The summed E-state index contributed by atoms with van der Waals surface area (Å²) in [5.74, 6) is -0.101. The number of amides is 2. The van der Waals surface area contributed by atoms with Crippen molar-refractivity contribution in [3.05, 3.63) is 36.4 Å². The lowest BCUT2D eigenvalue weighted by Crippen LogP contribution is -2.33. The van der Waals surface area contributed by atoms with Crippen molar-refractivity contribution in [1.82, 2.24) is 9.88 Å². The molecule has 28 heavy (non-hydrogen) atoms. The molecule has 0 atom stereocenters. The SMILES string of the molecule is CCN(CC)C(=O)Oc1cc(/N=N/c2ccccc2)c(N)nc1NC(=O)OC. The molecule has 0 unspecified atom stereocenters. The van der Waals surface area contributed by atoms with Crippen LogP contribution in [0.15, 0.2) is 46.6 Å². The van der Waals surface area contributed by atoms with Gasteiger partial charge in [-0.1, -0.05) is 18.2 Å². The largest absolute Gasteiger partial charge is 0.453 e. The predicted molar refractivity (Wildman–Crippen MR) is 104 cm³/mol. The molecule has 3 N–H and O–H groups in total. The fraction of sp³-hybridized carbons (Fsp3) is 0.278. The van der Waals surface area contributed by atoms with Crippen LogP contribution in [0.3, 0.4) is 0 Å². The monoisotopic (exact) mass is 386 g/mol. The van der Waals surface area contributed by atoms with E-state index in [-0.39, 0.29) is 23.1 Å². The van der Waals surface area contributed by atoms with Gasteiger partial charge >= 0.3 is 12.2 Å². The van der Waals surface area contributed by atoms with E-state index in [4.69, 9.17) is 10.5 Å². The van der Waals surface area contributed by atoms with Crippen LogP contribution in [0, 0.1) is 0 Å². The standard InChI is InChI=1S/C18H22N6O4/c1-4-24(5-2)18(26)28-14-11-13(23-22-12-9-7-6-8-10-12)15(19)20-16(14)21-17(25)27-3/h6-11H,4-5H2,1-3H3,(H3,19,20,21,25)/b23-22+. The zero-order chi connectivity index (χ0) is 20.5. The summed E-state index contributed by atoms with van der Waals surface area (Å²) in [7, 11) is 1.20. The van der Waals surface area contributed by atoms with Crippen LogP contribution >= 0.6 is 0 Å². The first-order valence-corrected chi connectivity index (χ1v) is 8.57. The smallest absolute Gasteiger partial charge is 0.415 e. The second-order valence-corrected chi connectivity index (χ2v) is 5.43. The van der Waals surface area contributed by atoms with Gasteiger partial charge in [0, 0.05) is 19.2 Å². The summed E-state index contributed by atoms with van der Waals surface area (Å²) >= 11 is 0. The predicted octanol–water partition coefficient (Wildman–Crippen LogP) is 4.10. The van der Waals surface area contributed by atoms with Crippen LogP contribution in [0.25, 0.3) is 0 Å². The van der Waals surface area contributed by atoms with Crippen LogP contribution in [0.5, 0.6) is 5.75 Å². The number of pyridine rings is 1. The molecule has 0 aliphatic rings. The molecule has 0 aliphatic heterocycles. The van der Waals surface area contributed by atoms with E-state index in [0.29, 0.717) is 18.8 Å². The molecular formula is C18H22N6O4. The Balaban J connectivity index is 2.38. The molecule has 1 heterocycles. The lowest BCUT2D eigenvalue weighted by Gasteiger charge is -2.19. The Bertz CT molecular complexity index is 853. The van der Waals surface area contributed by atoms with Gasteiger partial charge in [-0.15, -0.1) is 5.11 Å². The van der Waals surface area contributed by atoms with Gasteiger partial charge in [0.15, 0.2) is 17.4 Å². The van der Waals surface area contributed by atoms with Crippen molar-refractivity contribution in [3.63, 3.8) is 0 Å². The van der Waals surface area contributed by atoms with Crippen molar-refractivity contribution in [1.29, 1.82) is 0 Å². The fourth-order valence-corrected chi connectivity index (χ4v) is 2.14. The van der Waals surface area contributed by atoms with Crippen LogP contribution < -0.4 is 15.8 Å². The molecule has 1 aromatic heterocycles. The topological polar surface area (TPSA) is 132 Å². The average molecular weight is 386 g/mol. The van der Waals surface area contributed by atoms with Gasteiger partial charge in [-0.05, 0) is 26.0 Å². The number of hydrogen-bond acceptors (Lipinski definition) is 8. The van der Waals surface area contributed by atoms with E-state index < -0.39 is 12.2 Å². The maximum Gasteiger partial charge on any atom is 0.415 e. The van der Waals surface area contributed by atoms with Crippen LogP contribution in [0.2, 0.25) is 0 Å². The van der Waals surface area contributed by atoms with Crippen molar-refractivity contribution >= 4 is 35.2 Å². The molecule has 10 heteroatoms. The van der Waals surface area contributed by atoms with E-state index in [1.165, 1.54) is 18.1 Å². The molecule has 2 amide bonds. The van der Waals surface area contributed by atoms with Crippen molar-refractivity contribution in [3.8, 4) is 5.75 Å². The number of carbonyl (C=O) groups excluding carboxylic acids is 2. The number of ether oxygens (including phenoxy) is 2. The Hall–Kier alpha value is -3.69. The summed E-state index contributed by atoms with van der Waals surface area (Å²) in [6.07, 6.45) is -1.39. The van der Waals surface area contributed by atoms with Crippen molar-refractivity contribution in [2.45, 2.75) is 13.8 Å². The number of carbonyl (C=O) groups is 2. The Morgan fingerprint density at radius 1 is 1.18 bits per heavy atom. The highest BCUT2D eigenvalue weighted by Crippen LogP contribution is 2.33. The summed E-state index contributed by atoms with van der Waals surface area (Å²) < 4.78 is 9.94. The fourth-order valence-electron chi connectivity index (χ4n) is 2.14. The van der Waals surface area contributed by atoms with E-state index in [1.807, 2.05) is 32.0 Å². The first kappa shape index (κ1) is 20.6. The molecule has 0 aliphatic carbocycles. The molecule has 0 saturated carbocycles. The lowest BCUT2D eigenvalue weighted by molar-refractivity contribution is 0.157. The van der Waals surface area contributed by atoms with Crippen LogP contribution in [0.1, 0.15) is 13.8 Å². The molecular weight excluding hydrogens is 364 g/mol. The second-order valence-electron chi connectivity index (χ2n) is 5.43. The van der Waals surface area contributed by atoms with Gasteiger partial charge in [-0.2, -0.15) is 5.11 Å². The van der Waals surface area contributed by atoms with Crippen LogP contribution in [-0.4, -0.2) is 42.3 Å². The third-order valence-electron chi connectivity index (χ3n) is 3.65. The quantitative estimate of drug-likeness (QED) is 0.719. The van der Waals surface area contributed by atoms with Crippen LogP contribution in [0.4, 0.5) is 32.6 Å². The number of anilines is 2. The van der Waals surface area contributed by atoms with E-state index in [0.717, 1.165) is 0 Å². The molecule has 2 rings (SSSR count). The number of nitrogens with one attached hydrogen (secondary N) is 1. The van der Waals surface area contributed by atoms with E-state index in [9.17, 15) is 9.59 Å². The highest BCUT2D eigenvalue weighted by Gasteiger charge is 2.19. The minimum absolute atomic E-state index is 0.00581. The molecule has 0 spiro atoms. The normalized spacial score (nSPS) is 10.5. The molecule has 1 aromatic carbocycles. The molecule has 148 valence electrons. The van der Waals surface area contributed by atoms with Gasteiger partial charge in [0.25, 0.3) is 0 Å². The number of hydrogen-bond donors (Lipinski definition) is 2. The number of rotatable bonds is 6. The molecule has 0 bridgehead atoms. The first-order chi connectivity index (χ1) is 13.5. The summed E-state index contributed by atoms with van der Waals surface area (Å²) in [6, 6.07) is 10.4. The molecule has 2 aromatic rings. The van der Waals surface area contributed by atoms with Crippen molar-refractivity contribution in [2.75, 3.05) is 31.2 Å². The van der Waals surface area contributed by atoms with E-state index in [2.05, 4.69) is 25.3 Å². The first-order valence-electron chi connectivity index (χ1n) is 8.57. The molecule has 0 saturated heterocycles. The third-order valence-corrected chi connectivity index (χ3v) is 3.65. The number of methoxy groups -OCH3 is 1. The van der Waals surface area contributed by atoms with Crippen molar-refractivity contribution < 1.29 is 19.1 Å². The third kappa shape index (κ3) is 5.40. The van der Waals surface area contributed by atoms with Gasteiger partial charge in [-0.3, -0.25) is 5.32 Å². The second kappa shape index (κ2) is 9.86. The Kier molecular flexibility index (Phi) is 7.26. The van der Waals surface area contributed by atoms with Gasteiger partial charge in [0.05, 0.1) is 12.8 Å². The number of benzene rings is 1. The lowest BCUT2D eigenvalue weighted by atomic mass is 10.3. The molecule has 0 radical (unpaired) electrons. The van der Waals surface area contributed by atoms with E-state index >= 15 is 0 Å². The number of azo groups is 1. The summed E-state index contributed by atoms with van der Waals surface area (Å²) in [6.45, 7) is 4.55. The highest BCUT2D eigenvalue weighted by molar-refractivity contribution is 5.87. The minimum atomic E-state index is -0.786. The van der Waals surface area contributed by atoms with Gasteiger partial charge in [0.1, 0.15) is 5.69 Å². The molecule has 10 nitrogen and oxygen atoms in total. The van der Waals surface area contributed by atoms with Crippen LogP contribution in [-0.2, 0) is 4.74 Å². The zero-order valence-electron chi connectivity index (χ0n) is 15.9. The summed E-state index contributed by atoms with van der Waals surface area (Å²) in [4.78, 5) is 29.4. The van der Waals surface area contributed by atoms with Gasteiger partial charge in [0.2, 0.25) is 0 Å². The van der Waals surface area contributed by atoms with E-state index in [1.54, 1.807) is 12.1 Å². The number of nitrogens with two attached hydrogens (primary N) is 1. The zero-order valence-corrected chi connectivity index (χ0v) is 15.9. The average Bonchev–Trinajstić information content (AvgIpc) is 2.70. The number of aromatic nitrogens is 1. The molecule has 0 fully saturated rings. The summed E-state index contributed by atoms with van der Waals surface area (Å²) in [5.41, 5.74) is 6.70. The van der Waals surface area contributed by atoms with Gasteiger partial charge in [-0.25, -0.2) is 14.6 Å². The highest BCUT2D eigenvalue weighted by atomic mass is 16.6. The minimum Gasteiger partial charge on any atom is -0.453 e. The number of nitrogens with zero attached hydrogens (tertiary/aromatic N) is 4. The number of nitrogen functional groups attached to an aromatic ring is 1. The van der Waals surface area contributed by atoms with Crippen molar-refractivity contribution in [2.24, 2.45) is 10.2 Å². The van der Waals surface area contributed by atoms with Gasteiger partial charge < -0.3 is 20.1 Å². The Labute approximate surface area is 162 Å². The Morgan fingerprint density at radius 2 is 1.86 bits per heavy atom. The summed E-state index contributed by atoms with van der Waals surface area (Å²) in [5, 5.41) is 10.5. The maximum absolute atomic E-state index is 12.3. The Morgan fingerprint density at radius 3 is 2.46 bits per heavy atom.